The second-order valence-electron chi connectivity index (χ2n) is 5.41. The molecule has 1 saturated carbocycles. The summed E-state index contributed by atoms with van der Waals surface area (Å²) in [7, 11) is 0. The van der Waals surface area contributed by atoms with Gasteiger partial charge in [-0.15, -0.1) is 0 Å². The zero-order valence-corrected chi connectivity index (χ0v) is 11.3. The quantitative estimate of drug-likeness (QED) is 0.665. The number of hydrogen-bond donors (Lipinski definition) is 1. The summed E-state index contributed by atoms with van der Waals surface area (Å²) in [4.78, 5) is 24.9. The van der Waals surface area contributed by atoms with Gasteiger partial charge in [-0.25, -0.2) is 8.78 Å². The lowest BCUT2D eigenvalue weighted by Crippen LogP contribution is -2.34. The van der Waals surface area contributed by atoms with Gasteiger partial charge in [0.25, 0.3) is 11.7 Å². The Morgan fingerprint density at radius 1 is 1.29 bits per heavy atom. The number of carbonyl (C=O) groups is 2. The van der Waals surface area contributed by atoms with Crippen molar-refractivity contribution in [3.05, 3.63) is 41.5 Å². The number of halogens is 2. The molecule has 3 rings (SSSR count). The van der Waals surface area contributed by atoms with E-state index in [-0.39, 0.29) is 17.8 Å². The Kier molecular flexibility index (Phi) is 3.33. The average Bonchev–Trinajstić information content (AvgIpc) is 3.24. The molecule has 0 spiro atoms. The number of amides is 1. The van der Waals surface area contributed by atoms with Gasteiger partial charge in [-0.05, 0) is 24.5 Å². The van der Waals surface area contributed by atoms with E-state index in [1.54, 1.807) is 0 Å². The summed E-state index contributed by atoms with van der Waals surface area (Å²) in [6, 6.07) is 2.15. The van der Waals surface area contributed by atoms with Gasteiger partial charge in [0.2, 0.25) is 0 Å². The van der Waals surface area contributed by atoms with Crippen molar-refractivity contribution in [2.45, 2.75) is 18.9 Å². The first-order valence-electron chi connectivity index (χ1n) is 6.72. The first-order valence-corrected chi connectivity index (χ1v) is 6.72. The summed E-state index contributed by atoms with van der Waals surface area (Å²) in [5, 5.41) is 3.24. The molecule has 1 fully saturated rings. The van der Waals surface area contributed by atoms with Gasteiger partial charge in [-0.1, -0.05) is 6.58 Å². The van der Waals surface area contributed by atoms with Crippen molar-refractivity contribution in [1.82, 2.24) is 5.32 Å². The smallest absolute Gasteiger partial charge is 0.299 e. The SMILES string of the molecule is C=C(CNC1CC1)CN1C(=O)C(=O)c2cc(F)c(F)cc21. The predicted octanol–water partition coefficient (Wildman–Crippen LogP) is 1.80. The monoisotopic (exact) mass is 292 g/mol. The van der Waals surface area contributed by atoms with Crippen molar-refractivity contribution in [3.63, 3.8) is 0 Å². The largest absolute Gasteiger partial charge is 0.310 e. The number of fused-ring (bicyclic) bond motifs is 1. The highest BCUT2D eigenvalue weighted by Gasteiger charge is 2.37. The van der Waals surface area contributed by atoms with Crippen LogP contribution < -0.4 is 10.2 Å². The molecule has 1 amide bonds. The molecular formula is C15H14F2N2O2. The lowest BCUT2D eigenvalue weighted by Gasteiger charge is -2.18. The van der Waals surface area contributed by atoms with Crippen LogP contribution in [0.1, 0.15) is 23.2 Å². The predicted molar refractivity (Wildman–Crippen MR) is 73.2 cm³/mol. The zero-order chi connectivity index (χ0) is 15.1. The van der Waals surface area contributed by atoms with Crippen molar-refractivity contribution in [1.29, 1.82) is 0 Å². The number of hydrogen-bond acceptors (Lipinski definition) is 3. The molecule has 1 aromatic carbocycles. The second kappa shape index (κ2) is 5.04. The summed E-state index contributed by atoms with van der Waals surface area (Å²) in [6.07, 6.45) is 2.25. The van der Waals surface area contributed by atoms with Gasteiger partial charge in [-0.3, -0.25) is 9.59 Å². The summed E-state index contributed by atoms with van der Waals surface area (Å²) in [5.41, 5.74) is 0.721. The van der Waals surface area contributed by atoms with Crippen LogP contribution in [0.25, 0.3) is 0 Å². The molecule has 0 unspecified atom stereocenters. The number of carbonyl (C=O) groups excluding carboxylic acids is 2. The van der Waals surface area contributed by atoms with E-state index in [2.05, 4.69) is 11.9 Å². The van der Waals surface area contributed by atoms with Gasteiger partial charge in [0.05, 0.1) is 11.3 Å². The number of nitrogens with one attached hydrogen (secondary N) is 1. The summed E-state index contributed by atoms with van der Waals surface area (Å²) < 4.78 is 26.5. The topological polar surface area (TPSA) is 49.4 Å². The third-order valence-corrected chi connectivity index (χ3v) is 3.61. The van der Waals surface area contributed by atoms with Crippen LogP contribution in [0.15, 0.2) is 24.3 Å². The van der Waals surface area contributed by atoms with Crippen molar-refractivity contribution in [3.8, 4) is 0 Å². The van der Waals surface area contributed by atoms with Crippen LogP contribution in [0.3, 0.4) is 0 Å². The molecule has 4 nitrogen and oxygen atoms in total. The Morgan fingerprint density at radius 2 is 1.95 bits per heavy atom. The minimum atomic E-state index is -1.13. The normalized spacial score (nSPS) is 17.3. The fourth-order valence-electron chi connectivity index (χ4n) is 2.30. The summed E-state index contributed by atoms with van der Waals surface area (Å²) in [6.45, 7) is 4.50. The van der Waals surface area contributed by atoms with Crippen LogP contribution in [0.2, 0.25) is 0 Å². The zero-order valence-electron chi connectivity index (χ0n) is 11.3. The first kappa shape index (κ1) is 13.9. The molecule has 0 bridgehead atoms. The van der Waals surface area contributed by atoms with Gasteiger partial charge in [-0.2, -0.15) is 0 Å². The molecule has 0 atom stereocenters. The lowest BCUT2D eigenvalue weighted by molar-refractivity contribution is -0.114. The van der Waals surface area contributed by atoms with E-state index in [9.17, 15) is 18.4 Å². The van der Waals surface area contributed by atoms with Gasteiger partial charge in [0, 0.05) is 25.2 Å². The minimum absolute atomic E-state index is 0.0955. The molecule has 1 aliphatic heterocycles. The molecule has 0 radical (unpaired) electrons. The Morgan fingerprint density at radius 3 is 2.62 bits per heavy atom. The van der Waals surface area contributed by atoms with Crippen LogP contribution in [0.5, 0.6) is 0 Å². The maximum atomic E-state index is 13.3. The molecule has 1 heterocycles. The minimum Gasteiger partial charge on any atom is -0.310 e. The molecule has 1 N–H and O–H groups in total. The van der Waals surface area contributed by atoms with E-state index >= 15 is 0 Å². The van der Waals surface area contributed by atoms with Crippen molar-refractivity contribution in [2.75, 3.05) is 18.0 Å². The van der Waals surface area contributed by atoms with Crippen molar-refractivity contribution >= 4 is 17.4 Å². The molecular weight excluding hydrogens is 278 g/mol. The third kappa shape index (κ3) is 2.58. The standard InChI is InChI=1S/C15H14F2N2O2/c1-8(6-18-9-2-3-9)7-19-13-5-12(17)11(16)4-10(13)14(20)15(19)21/h4-5,9,18H,1-3,6-7H2. The average molecular weight is 292 g/mol. The van der Waals surface area contributed by atoms with Gasteiger partial charge < -0.3 is 10.2 Å². The fraction of sp³-hybridized carbons (Fsp3) is 0.333. The molecule has 21 heavy (non-hydrogen) atoms. The first-order chi connectivity index (χ1) is 9.97. The van der Waals surface area contributed by atoms with E-state index in [0.29, 0.717) is 18.2 Å². The van der Waals surface area contributed by atoms with Crippen LogP contribution in [0.4, 0.5) is 14.5 Å². The fourth-order valence-corrected chi connectivity index (χ4v) is 2.30. The van der Waals surface area contributed by atoms with E-state index in [4.69, 9.17) is 0 Å². The molecule has 1 aromatic rings. The van der Waals surface area contributed by atoms with E-state index in [1.807, 2.05) is 0 Å². The Hall–Kier alpha value is -2.08. The van der Waals surface area contributed by atoms with Gasteiger partial charge in [0.15, 0.2) is 11.6 Å². The highest BCUT2D eigenvalue weighted by atomic mass is 19.2. The van der Waals surface area contributed by atoms with Crippen molar-refractivity contribution < 1.29 is 18.4 Å². The molecule has 110 valence electrons. The van der Waals surface area contributed by atoms with Crippen LogP contribution in [-0.4, -0.2) is 30.8 Å². The van der Waals surface area contributed by atoms with Crippen LogP contribution in [0, 0.1) is 11.6 Å². The van der Waals surface area contributed by atoms with Gasteiger partial charge in [0.1, 0.15) is 0 Å². The van der Waals surface area contributed by atoms with Gasteiger partial charge >= 0.3 is 0 Å². The summed E-state index contributed by atoms with van der Waals surface area (Å²) in [5.74, 6) is -3.80. The maximum absolute atomic E-state index is 13.3. The lowest BCUT2D eigenvalue weighted by atomic mass is 10.1. The van der Waals surface area contributed by atoms with Crippen LogP contribution in [-0.2, 0) is 4.79 Å². The Labute approximate surface area is 120 Å². The highest BCUT2D eigenvalue weighted by molar-refractivity contribution is 6.52. The maximum Gasteiger partial charge on any atom is 0.299 e. The molecule has 2 aliphatic rings. The molecule has 1 aliphatic carbocycles. The Balaban J connectivity index is 1.79. The Bertz CT molecular complexity index is 653. The number of rotatable bonds is 5. The number of Topliss-reactive ketones (excluding diaryl/α,β-unsaturated/α-hetero) is 1. The summed E-state index contributed by atoms with van der Waals surface area (Å²) >= 11 is 0. The van der Waals surface area contributed by atoms with Crippen molar-refractivity contribution in [2.24, 2.45) is 0 Å². The molecule has 0 aromatic heterocycles. The van der Waals surface area contributed by atoms with Crippen LogP contribution >= 0.6 is 0 Å². The highest BCUT2D eigenvalue weighted by Crippen LogP contribution is 2.31. The number of anilines is 1. The number of ketones is 1. The van der Waals surface area contributed by atoms with E-state index < -0.39 is 23.3 Å². The molecule has 0 saturated heterocycles. The second-order valence-corrected chi connectivity index (χ2v) is 5.41. The molecule has 6 heteroatoms. The number of nitrogens with zero attached hydrogens (tertiary/aromatic N) is 1. The third-order valence-electron chi connectivity index (χ3n) is 3.61. The van der Waals surface area contributed by atoms with E-state index in [0.717, 1.165) is 29.9 Å². The number of benzene rings is 1. The van der Waals surface area contributed by atoms with E-state index in [1.165, 1.54) is 0 Å².